The van der Waals surface area contributed by atoms with Crippen LogP contribution in [-0.2, 0) is 11.2 Å². The summed E-state index contributed by atoms with van der Waals surface area (Å²) in [4.78, 5) is 18.7. The smallest absolute Gasteiger partial charge is 0.237 e. The molecule has 1 aliphatic rings. The quantitative estimate of drug-likeness (QED) is 0.518. The van der Waals surface area contributed by atoms with Gasteiger partial charge in [-0.15, -0.1) is 17.9 Å². The van der Waals surface area contributed by atoms with Gasteiger partial charge in [0.15, 0.2) is 11.5 Å². The molecular formula is C25H34N2O4S. The Morgan fingerprint density at radius 3 is 2.81 bits per heavy atom. The summed E-state index contributed by atoms with van der Waals surface area (Å²) in [7, 11) is 1.62. The molecule has 0 saturated carbocycles. The van der Waals surface area contributed by atoms with Crippen LogP contribution in [0.5, 0.6) is 11.5 Å². The van der Waals surface area contributed by atoms with Crippen LogP contribution >= 0.6 is 11.3 Å². The summed E-state index contributed by atoms with van der Waals surface area (Å²) in [5, 5.41) is 12.5. The molecule has 1 N–H and O–H groups in total. The summed E-state index contributed by atoms with van der Waals surface area (Å²) in [6.07, 6.45) is 3.28. The molecule has 1 aromatic heterocycles. The zero-order valence-corrected chi connectivity index (χ0v) is 20.1. The van der Waals surface area contributed by atoms with Crippen molar-refractivity contribution in [3.05, 3.63) is 58.8 Å². The molecule has 0 fully saturated rings. The van der Waals surface area contributed by atoms with Crippen LogP contribution in [0.4, 0.5) is 0 Å². The molecule has 2 aromatic rings. The first-order chi connectivity index (χ1) is 15.4. The van der Waals surface area contributed by atoms with Gasteiger partial charge in [0.2, 0.25) is 5.91 Å². The largest absolute Gasteiger partial charge is 0.493 e. The minimum atomic E-state index is -1.04. The number of rotatable bonds is 11. The van der Waals surface area contributed by atoms with Crippen LogP contribution in [0.25, 0.3) is 0 Å². The van der Waals surface area contributed by atoms with E-state index in [-0.39, 0.29) is 18.5 Å². The number of carbonyl (C=O) groups is 1. The predicted molar refractivity (Wildman–Crippen MR) is 129 cm³/mol. The number of benzene rings is 1. The van der Waals surface area contributed by atoms with Crippen molar-refractivity contribution in [2.24, 2.45) is 0 Å². The monoisotopic (exact) mass is 458 g/mol. The number of para-hydroxylation sites is 2. The standard InChI is InChI=1S/C25H34N2O4S/c1-5-13-26(18-25(3,29)6-2)16-24(28)27-14-11-23-19(12-15-32-23)20(27)17-31-22-10-8-7-9-21(22)30-4/h6-10,12,15,20,29H,2,5,11,13-14,16-18H2,1,3-4H3/t20-,25+/m0/s1. The molecule has 2 heterocycles. The summed E-state index contributed by atoms with van der Waals surface area (Å²) < 4.78 is 11.6. The van der Waals surface area contributed by atoms with Gasteiger partial charge in [-0.2, -0.15) is 0 Å². The van der Waals surface area contributed by atoms with Gasteiger partial charge in [-0.05, 0) is 55.5 Å². The van der Waals surface area contributed by atoms with E-state index in [2.05, 4.69) is 24.9 Å². The van der Waals surface area contributed by atoms with Gasteiger partial charge in [-0.3, -0.25) is 9.69 Å². The maximum Gasteiger partial charge on any atom is 0.237 e. The minimum Gasteiger partial charge on any atom is -0.493 e. The van der Waals surface area contributed by atoms with E-state index in [1.165, 1.54) is 11.0 Å². The lowest BCUT2D eigenvalue weighted by molar-refractivity contribution is -0.136. The lowest BCUT2D eigenvalue weighted by Crippen LogP contribution is -2.49. The van der Waals surface area contributed by atoms with Crippen LogP contribution in [-0.4, -0.2) is 66.3 Å². The Hall–Kier alpha value is -2.35. The van der Waals surface area contributed by atoms with Gasteiger partial charge in [0.1, 0.15) is 6.61 Å². The highest BCUT2D eigenvalue weighted by molar-refractivity contribution is 7.10. The van der Waals surface area contributed by atoms with E-state index in [1.807, 2.05) is 34.1 Å². The van der Waals surface area contributed by atoms with E-state index in [0.717, 1.165) is 24.9 Å². The molecule has 3 rings (SSSR count). The summed E-state index contributed by atoms with van der Waals surface area (Å²) in [5.74, 6) is 1.38. The normalized spacial score (nSPS) is 17.5. The maximum absolute atomic E-state index is 13.4. The Morgan fingerprint density at radius 2 is 2.12 bits per heavy atom. The van der Waals surface area contributed by atoms with Gasteiger partial charge in [-0.1, -0.05) is 25.1 Å². The Morgan fingerprint density at radius 1 is 1.38 bits per heavy atom. The lowest BCUT2D eigenvalue weighted by atomic mass is 10.00. The van der Waals surface area contributed by atoms with Crippen LogP contribution < -0.4 is 9.47 Å². The molecule has 1 aliphatic heterocycles. The first-order valence-electron chi connectivity index (χ1n) is 11.1. The molecule has 0 aliphatic carbocycles. The SMILES string of the molecule is C=C[C@@](C)(O)CN(CCC)CC(=O)N1CCc2sccc2[C@@H]1COc1ccccc1OC. The molecule has 6 nitrogen and oxygen atoms in total. The van der Waals surface area contributed by atoms with Crippen molar-refractivity contribution in [3.63, 3.8) is 0 Å². The third-order valence-corrected chi connectivity index (χ3v) is 6.76. The Kier molecular flexibility index (Phi) is 8.34. The highest BCUT2D eigenvalue weighted by atomic mass is 32.1. The average molecular weight is 459 g/mol. The van der Waals surface area contributed by atoms with Gasteiger partial charge in [0.25, 0.3) is 0 Å². The molecule has 0 spiro atoms. The lowest BCUT2D eigenvalue weighted by Gasteiger charge is -2.38. The summed E-state index contributed by atoms with van der Waals surface area (Å²) in [6.45, 7) is 9.87. The average Bonchev–Trinajstić information content (AvgIpc) is 3.26. The van der Waals surface area contributed by atoms with Gasteiger partial charge in [0.05, 0.1) is 25.3 Å². The number of hydrogen-bond acceptors (Lipinski definition) is 6. The maximum atomic E-state index is 13.4. The summed E-state index contributed by atoms with van der Waals surface area (Å²) in [5.41, 5.74) is 0.120. The summed E-state index contributed by atoms with van der Waals surface area (Å²) >= 11 is 1.73. The first kappa shape index (κ1) is 24.3. The number of fused-ring (bicyclic) bond motifs is 1. The topological polar surface area (TPSA) is 62.2 Å². The van der Waals surface area contributed by atoms with Crippen molar-refractivity contribution >= 4 is 17.2 Å². The number of nitrogens with zero attached hydrogens (tertiary/aromatic N) is 2. The van der Waals surface area contributed by atoms with Crippen molar-refractivity contribution < 1.29 is 19.4 Å². The molecule has 32 heavy (non-hydrogen) atoms. The fraction of sp³-hybridized carbons (Fsp3) is 0.480. The fourth-order valence-corrected chi connectivity index (χ4v) is 5.04. The second-order valence-corrected chi connectivity index (χ2v) is 9.39. The third kappa shape index (κ3) is 5.91. The highest BCUT2D eigenvalue weighted by Gasteiger charge is 2.33. The van der Waals surface area contributed by atoms with Crippen molar-refractivity contribution in [2.75, 3.05) is 39.9 Å². The summed E-state index contributed by atoms with van der Waals surface area (Å²) in [6, 6.07) is 9.49. The fourth-order valence-electron chi connectivity index (χ4n) is 4.11. The number of ether oxygens (including phenoxy) is 2. The van der Waals surface area contributed by atoms with E-state index in [4.69, 9.17) is 9.47 Å². The first-order valence-corrected chi connectivity index (χ1v) is 12.0. The Labute approximate surface area is 195 Å². The number of hydrogen-bond donors (Lipinski definition) is 1. The van der Waals surface area contributed by atoms with E-state index in [9.17, 15) is 9.90 Å². The number of carbonyl (C=O) groups excluding carboxylic acids is 1. The molecule has 2 atom stereocenters. The number of aliphatic hydroxyl groups is 1. The number of thiophene rings is 1. The minimum absolute atomic E-state index is 0.0452. The van der Waals surface area contributed by atoms with E-state index in [1.54, 1.807) is 25.4 Å². The van der Waals surface area contributed by atoms with Crippen molar-refractivity contribution in [2.45, 2.75) is 38.3 Å². The van der Waals surface area contributed by atoms with Gasteiger partial charge in [-0.25, -0.2) is 0 Å². The van der Waals surface area contributed by atoms with Gasteiger partial charge < -0.3 is 19.5 Å². The molecular weight excluding hydrogens is 424 g/mol. The van der Waals surface area contributed by atoms with E-state index < -0.39 is 5.60 Å². The Bertz CT molecular complexity index is 911. The molecule has 7 heteroatoms. The van der Waals surface area contributed by atoms with Crippen molar-refractivity contribution in [1.82, 2.24) is 9.80 Å². The second-order valence-electron chi connectivity index (χ2n) is 8.39. The van der Waals surface area contributed by atoms with Crippen LogP contribution in [0.1, 0.15) is 36.8 Å². The molecule has 174 valence electrons. The van der Waals surface area contributed by atoms with E-state index >= 15 is 0 Å². The highest BCUT2D eigenvalue weighted by Crippen LogP contribution is 2.35. The third-order valence-electron chi connectivity index (χ3n) is 5.76. The van der Waals surface area contributed by atoms with Gasteiger partial charge >= 0.3 is 0 Å². The zero-order chi connectivity index (χ0) is 23.1. The van der Waals surface area contributed by atoms with Crippen molar-refractivity contribution in [1.29, 1.82) is 0 Å². The van der Waals surface area contributed by atoms with Crippen LogP contribution in [0.3, 0.4) is 0 Å². The molecule has 1 amide bonds. The van der Waals surface area contributed by atoms with Crippen LogP contribution in [0, 0.1) is 0 Å². The molecule has 1 aromatic carbocycles. The van der Waals surface area contributed by atoms with E-state index in [0.29, 0.717) is 31.2 Å². The molecule has 0 unspecified atom stereocenters. The van der Waals surface area contributed by atoms with Crippen LogP contribution in [0.2, 0.25) is 0 Å². The Balaban J connectivity index is 1.77. The van der Waals surface area contributed by atoms with Crippen LogP contribution in [0.15, 0.2) is 48.4 Å². The molecule has 0 bridgehead atoms. The molecule has 0 saturated heterocycles. The zero-order valence-electron chi connectivity index (χ0n) is 19.3. The predicted octanol–water partition coefficient (Wildman–Crippen LogP) is 3.91. The number of methoxy groups -OCH3 is 1. The van der Waals surface area contributed by atoms with Gasteiger partial charge in [0, 0.05) is 18.0 Å². The van der Waals surface area contributed by atoms with Crippen molar-refractivity contribution in [3.8, 4) is 11.5 Å². The number of amides is 1. The molecule has 0 radical (unpaired) electrons. The second kappa shape index (κ2) is 11.0.